The molecule has 0 fully saturated rings. The molecule has 0 radical (unpaired) electrons. The Morgan fingerprint density at radius 1 is 1.02 bits per heavy atom. The van der Waals surface area contributed by atoms with Gasteiger partial charge < -0.3 is 14.4 Å². The van der Waals surface area contributed by atoms with Gasteiger partial charge in [0.15, 0.2) is 11.6 Å². The van der Waals surface area contributed by atoms with E-state index in [4.69, 9.17) is 14.5 Å². The molecule has 7 nitrogen and oxygen atoms in total. The monoisotopic (exact) mass is 537 g/mol. The second-order valence-corrected chi connectivity index (χ2v) is 11.0. The van der Waals surface area contributed by atoms with Gasteiger partial charge in [-0.1, -0.05) is 73.4 Å². The van der Waals surface area contributed by atoms with Crippen LogP contribution in [-0.4, -0.2) is 30.4 Å². The zero-order valence-electron chi connectivity index (χ0n) is 23.7. The van der Waals surface area contributed by atoms with Crippen LogP contribution in [0.15, 0.2) is 89.2 Å². The van der Waals surface area contributed by atoms with Crippen LogP contribution in [0.4, 0.5) is 5.69 Å². The Kier molecular flexibility index (Phi) is 6.92. The lowest BCUT2D eigenvalue weighted by molar-refractivity contribution is -0.482. The van der Waals surface area contributed by atoms with Crippen molar-refractivity contribution in [1.82, 2.24) is 5.32 Å². The third-order valence-corrected chi connectivity index (χ3v) is 8.18. The van der Waals surface area contributed by atoms with Gasteiger partial charge in [-0.2, -0.15) is 0 Å². The summed E-state index contributed by atoms with van der Waals surface area (Å²) in [4.78, 5) is 21.2. The molecule has 1 spiro atoms. The third kappa shape index (κ3) is 4.20. The van der Waals surface area contributed by atoms with Crippen LogP contribution < -0.4 is 15.0 Å². The van der Waals surface area contributed by atoms with Crippen LogP contribution in [0.3, 0.4) is 0 Å². The molecule has 0 aromatic heterocycles. The van der Waals surface area contributed by atoms with Gasteiger partial charge in [-0.15, -0.1) is 4.99 Å². The van der Waals surface area contributed by atoms with E-state index in [-0.39, 0.29) is 5.96 Å². The summed E-state index contributed by atoms with van der Waals surface area (Å²) in [5.41, 5.74) is 4.77. The molecule has 6 rings (SSSR count). The number of guanidine groups is 1. The zero-order chi connectivity index (χ0) is 27.9. The number of nitrogens with zero attached hydrogens (tertiary/aromatic N) is 3. The summed E-state index contributed by atoms with van der Waals surface area (Å²) in [5.74, 6) is 1.99. The summed E-state index contributed by atoms with van der Waals surface area (Å²) < 4.78 is 14.5. The van der Waals surface area contributed by atoms with Crippen molar-refractivity contribution in [3.63, 3.8) is 0 Å². The molecule has 3 aromatic carbocycles. The molecular weight excluding hydrogens is 500 g/mol. The molecule has 206 valence electrons. The molecule has 40 heavy (non-hydrogen) atoms. The summed E-state index contributed by atoms with van der Waals surface area (Å²) >= 11 is 0. The summed E-state index contributed by atoms with van der Waals surface area (Å²) in [6.45, 7) is 11.4. The fraction of sp³-hybridized carbons (Fsp3) is 0.364. The van der Waals surface area contributed by atoms with Gasteiger partial charge in [0.2, 0.25) is 0 Å². The number of aliphatic imine (C=N–C) groups is 1. The van der Waals surface area contributed by atoms with Gasteiger partial charge in [-0.25, -0.2) is 5.32 Å². The predicted octanol–water partition coefficient (Wildman–Crippen LogP) is 6.44. The van der Waals surface area contributed by atoms with E-state index >= 15 is 0 Å². The van der Waals surface area contributed by atoms with Crippen LogP contribution in [-0.2, 0) is 16.9 Å². The number of fused-ring (bicyclic) bond motifs is 5. The quantitative estimate of drug-likeness (QED) is 0.352. The van der Waals surface area contributed by atoms with Gasteiger partial charge in [0.25, 0.3) is 5.88 Å². The van der Waals surface area contributed by atoms with Crippen LogP contribution in [0.1, 0.15) is 62.4 Å². The average molecular weight is 538 g/mol. The van der Waals surface area contributed by atoms with Gasteiger partial charge >= 0.3 is 5.96 Å². The summed E-state index contributed by atoms with van der Waals surface area (Å²) in [6.07, 6.45) is 0.887. The van der Waals surface area contributed by atoms with E-state index < -0.39 is 11.6 Å². The molecular formula is C33H37N4O3+. The highest BCUT2D eigenvalue weighted by molar-refractivity contribution is 5.77. The second-order valence-electron chi connectivity index (χ2n) is 11.0. The van der Waals surface area contributed by atoms with Gasteiger partial charge in [0, 0.05) is 30.4 Å². The Hall–Kier alpha value is -3.97. The van der Waals surface area contributed by atoms with Gasteiger partial charge in [-0.05, 0) is 59.8 Å². The molecule has 0 bridgehead atoms. The van der Waals surface area contributed by atoms with Crippen molar-refractivity contribution in [2.75, 3.05) is 24.5 Å². The number of rotatable bonds is 7. The maximum Gasteiger partial charge on any atom is 0.430 e. The Morgan fingerprint density at radius 3 is 2.52 bits per heavy atom. The molecule has 0 saturated carbocycles. The number of benzene rings is 3. The van der Waals surface area contributed by atoms with Gasteiger partial charge in [0.05, 0.1) is 12.2 Å². The zero-order valence-corrected chi connectivity index (χ0v) is 23.7. The van der Waals surface area contributed by atoms with Crippen LogP contribution in [0.2, 0.25) is 0 Å². The molecule has 3 aliphatic heterocycles. The number of nitrogens with one attached hydrogen (secondary N) is 1. The largest absolute Gasteiger partial charge is 0.430 e. The molecule has 1 N–H and O–H groups in total. The highest BCUT2D eigenvalue weighted by atomic mass is 16.5. The minimum absolute atomic E-state index is 0.262. The smallest absolute Gasteiger partial charge is 0.428 e. The second kappa shape index (κ2) is 10.5. The Morgan fingerprint density at radius 2 is 1.77 bits per heavy atom. The van der Waals surface area contributed by atoms with E-state index in [0.717, 1.165) is 63.5 Å². The maximum atomic E-state index is 14.2. The van der Waals surface area contributed by atoms with E-state index in [0.29, 0.717) is 25.0 Å². The first kappa shape index (κ1) is 26.3. The molecule has 7 heteroatoms. The molecule has 0 amide bonds. The Labute approximate surface area is 236 Å². The number of nitroso groups, excluding NO2 is 1. The average Bonchev–Trinajstić information content (AvgIpc) is 3.34. The number of ether oxygens (including phenoxy) is 2. The third-order valence-electron chi connectivity index (χ3n) is 8.18. The normalized spacial score (nSPS) is 22.2. The fourth-order valence-corrected chi connectivity index (χ4v) is 6.12. The molecule has 3 aliphatic rings. The van der Waals surface area contributed by atoms with Crippen molar-refractivity contribution >= 4 is 11.6 Å². The molecule has 0 saturated heterocycles. The summed E-state index contributed by atoms with van der Waals surface area (Å²) in [7, 11) is 0. The van der Waals surface area contributed by atoms with Crippen LogP contribution in [0, 0.1) is 10.8 Å². The van der Waals surface area contributed by atoms with Crippen molar-refractivity contribution in [2.45, 2.75) is 52.4 Å². The predicted molar refractivity (Wildman–Crippen MR) is 157 cm³/mol. The molecule has 3 aromatic rings. The molecule has 2 atom stereocenters. The molecule has 0 aliphatic carbocycles. The first-order valence-electron chi connectivity index (χ1n) is 14.3. The van der Waals surface area contributed by atoms with E-state index in [1.807, 2.05) is 42.5 Å². The highest BCUT2D eigenvalue weighted by Crippen LogP contribution is 2.58. The minimum Gasteiger partial charge on any atom is -0.428 e. The molecule has 3 heterocycles. The van der Waals surface area contributed by atoms with Crippen molar-refractivity contribution in [1.29, 1.82) is 0 Å². The first-order chi connectivity index (χ1) is 19.5. The van der Waals surface area contributed by atoms with E-state index in [2.05, 4.69) is 68.2 Å². The standard InChI is InChI=1S/C33H37N4O3/c1-5-36(6-2)25-16-17-27-28(20-25)40-31-29(33(27)26-15-11-10-14-24(26)21-39-33)30(23-12-8-7-9-13-23)37(38)32(35-31)34-19-18-22(3)4/h7-17,20,22,30H,5-6,18-19,21H2,1-4H3,(H,34,35)/q+1. The molecule has 2 unspecified atom stereocenters. The lowest BCUT2D eigenvalue weighted by Crippen LogP contribution is -2.51. The van der Waals surface area contributed by atoms with Crippen LogP contribution in [0.25, 0.3) is 0 Å². The number of hydrogen-bond acceptors (Lipinski definition) is 5. The topological polar surface area (TPSA) is 66.2 Å². The van der Waals surface area contributed by atoms with Crippen LogP contribution >= 0.6 is 0 Å². The van der Waals surface area contributed by atoms with Crippen molar-refractivity contribution in [2.24, 2.45) is 10.9 Å². The van der Waals surface area contributed by atoms with E-state index in [9.17, 15) is 4.91 Å². The van der Waals surface area contributed by atoms with Crippen molar-refractivity contribution < 1.29 is 14.2 Å². The summed E-state index contributed by atoms with van der Waals surface area (Å²) in [6, 6.07) is 23.8. The van der Waals surface area contributed by atoms with E-state index in [1.165, 1.54) is 0 Å². The SMILES string of the molecule is CCN(CC)c1ccc2c(c1)OC1=C(C(c3ccccc3)[N+](=O)C(=NCCC(C)C)N1)C21OCc2ccccc21. The summed E-state index contributed by atoms with van der Waals surface area (Å²) in [5, 5.41) is 3.31. The Bertz CT molecular complexity index is 1490. The van der Waals surface area contributed by atoms with Crippen LogP contribution in [0.5, 0.6) is 5.75 Å². The van der Waals surface area contributed by atoms with Crippen molar-refractivity contribution in [3.8, 4) is 5.75 Å². The highest BCUT2D eigenvalue weighted by Gasteiger charge is 2.59. The van der Waals surface area contributed by atoms with Crippen molar-refractivity contribution in [3.05, 3.63) is 111 Å². The maximum absolute atomic E-state index is 14.2. The fourth-order valence-electron chi connectivity index (χ4n) is 6.12. The Balaban J connectivity index is 1.59. The van der Waals surface area contributed by atoms with Gasteiger partial charge in [-0.3, -0.25) is 0 Å². The number of anilines is 1. The lowest BCUT2D eigenvalue weighted by atomic mass is 9.73. The van der Waals surface area contributed by atoms with Gasteiger partial charge in [0.1, 0.15) is 12.3 Å². The first-order valence-corrected chi connectivity index (χ1v) is 14.3. The minimum atomic E-state index is -0.985. The van der Waals surface area contributed by atoms with E-state index in [1.54, 1.807) is 0 Å². The number of hydrogen-bond donors (Lipinski definition) is 1. The lowest BCUT2D eigenvalue weighted by Gasteiger charge is -2.41.